The lowest BCUT2D eigenvalue weighted by molar-refractivity contribution is 0.0497. The number of rotatable bonds is 6. The van der Waals surface area contributed by atoms with E-state index in [-0.39, 0.29) is 6.04 Å². The van der Waals surface area contributed by atoms with Gasteiger partial charge >= 0.3 is 0 Å². The summed E-state index contributed by atoms with van der Waals surface area (Å²) in [5.41, 5.74) is 7.58. The van der Waals surface area contributed by atoms with Crippen molar-refractivity contribution in [2.45, 2.75) is 31.8 Å². The van der Waals surface area contributed by atoms with Crippen LogP contribution in [0.25, 0.3) is 0 Å². The van der Waals surface area contributed by atoms with Gasteiger partial charge in [-0.25, -0.2) is 0 Å². The molecule has 1 aliphatic rings. The molecule has 0 amide bonds. The second-order valence-corrected chi connectivity index (χ2v) is 6.03. The second kappa shape index (κ2) is 7.78. The van der Waals surface area contributed by atoms with E-state index in [1.54, 1.807) is 7.11 Å². The van der Waals surface area contributed by atoms with Gasteiger partial charge in [-0.1, -0.05) is 12.1 Å². The number of nitrogens with two attached hydrogens (primary N) is 1. The van der Waals surface area contributed by atoms with Crippen molar-refractivity contribution in [2.75, 3.05) is 33.9 Å². The van der Waals surface area contributed by atoms with E-state index in [2.05, 4.69) is 31.0 Å². The van der Waals surface area contributed by atoms with Crippen LogP contribution in [0.1, 0.15) is 31.4 Å². The lowest BCUT2D eigenvalue weighted by Crippen LogP contribution is -2.41. The van der Waals surface area contributed by atoms with Crippen LogP contribution in [-0.4, -0.2) is 44.9 Å². The van der Waals surface area contributed by atoms with Crippen molar-refractivity contribution in [3.05, 3.63) is 29.8 Å². The molecule has 0 aliphatic carbocycles. The maximum absolute atomic E-state index is 6.43. The van der Waals surface area contributed by atoms with Gasteiger partial charge in [-0.15, -0.1) is 0 Å². The molecular formula is C17H28N2O2. The summed E-state index contributed by atoms with van der Waals surface area (Å²) in [6.07, 6.45) is 2.32. The summed E-state index contributed by atoms with van der Waals surface area (Å²) in [6, 6.07) is 8.38. The molecule has 21 heavy (non-hydrogen) atoms. The molecule has 0 aromatic heterocycles. The van der Waals surface area contributed by atoms with Crippen molar-refractivity contribution in [2.24, 2.45) is 11.7 Å². The Kier molecular flexibility index (Phi) is 6.03. The fourth-order valence-electron chi connectivity index (χ4n) is 2.88. The average molecular weight is 292 g/mol. The first-order valence-electron chi connectivity index (χ1n) is 7.79. The molecule has 2 N–H and O–H groups in total. The van der Waals surface area contributed by atoms with Crippen molar-refractivity contribution >= 4 is 0 Å². The maximum Gasteiger partial charge on any atom is 0.118 e. The Balaban J connectivity index is 1.91. The van der Waals surface area contributed by atoms with Crippen LogP contribution in [0.15, 0.2) is 24.3 Å². The first-order valence-corrected chi connectivity index (χ1v) is 7.79. The summed E-state index contributed by atoms with van der Waals surface area (Å²) in [6.45, 7) is 5.09. The second-order valence-electron chi connectivity index (χ2n) is 6.03. The highest BCUT2D eigenvalue weighted by molar-refractivity contribution is 5.29. The third-order valence-electron chi connectivity index (χ3n) is 4.60. The van der Waals surface area contributed by atoms with E-state index in [1.165, 1.54) is 0 Å². The zero-order valence-electron chi connectivity index (χ0n) is 13.4. The monoisotopic (exact) mass is 292 g/mol. The molecule has 4 nitrogen and oxygen atoms in total. The van der Waals surface area contributed by atoms with Crippen LogP contribution in [0, 0.1) is 5.92 Å². The number of benzene rings is 1. The largest absolute Gasteiger partial charge is 0.497 e. The van der Waals surface area contributed by atoms with Crippen molar-refractivity contribution in [1.29, 1.82) is 0 Å². The van der Waals surface area contributed by atoms with Gasteiger partial charge in [-0.05, 0) is 50.4 Å². The minimum absolute atomic E-state index is 0.0146. The topological polar surface area (TPSA) is 47.7 Å². The molecule has 0 saturated carbocycles. The molecule has 2 atom stereocenters. The summed E-state index contributed by atoms with van der Waals surface area (Å²) in [5.74, 6) is 1.60. The molecule has 0 bridgehead atoms. The van der Waals surface area contributed by atoms with Crippen LogP contribution >= 0.6 is 0 Å². The average Bonchev–Trinajstić information content (AvgIpc) is 2.54. The molecule has 1 fully saturated rings. The van der Waals surface area contributed by atoms with Crippen LogP contribution in [0.2, 0.25) is 0 Å². The number of hydrogen-bond donors (Lipinski definition) is 1. The van der Waals surface area contributed by atoms with Gasteiger partial charge in [0.25, 0.3) is 0 Å². The highest BCUT2D eigenvalue weighted by Crippen LogP contribution is 2.23. The van der Waals surface area contributed by atoms with Gasteiger partial charge in [0.2, 0.25) is 0 Å². The van der Waals surface area contributed by atoms with Crippen molar-refractivity contribution in [3.8, 4) is 5.75 Å². The van der Waals surface area contributed by atoms with Gasteiger partial charge in [-0.2, -0.15) is 0 Å². The van der Waals surface area contributed by atoms with Crippen molar-refractivity contribution in [3.63, 3.8) is 0 Å². The Morgan fingerprint density at radius 3 is 2.48 bits per heavy atom. The van der Waals surface area contributed by atoms with Crippen LogP contribution in [0.4, 0.5) is 0 Å². The smallest absolute Gasteiger partial charge is 0.118 e. The molecule has 1 aromatic rings. The quantitative estimate of drug-likeness (QED) is 0.875. The molecule has 118 valence electrons. The van der Waals surface area contributed by atoms with Crippen LogP contribution in [-0.2, 0) is 4.74 Å². The van der Waals surface area contributed by atoms with Gasteiger partial charge in [0.1, 0.15) is 5.75 Å². The zero-order chi connectivity index (χ0) is 15.2. The van der Waals surface area contributed by atoms with Crippen LogP contribution in [0.3, 0.4) is 0 Å². The van der Waals surface area contributed by atoms with Gasteiger partial charge in [-0.3, -0.25) is 0 Å². The van der Waals surface area contributed by atoms with E-state index in [0.717, 1.165) is 49.8 Å². The summed E-state index contributed by atoms with van der Waals surface area (Å²) < 4.78 is 10.6. The van der Waals surface area contributed by atoms with Gasteiger partial charge in [0.15, 0.2) is 0 Å². The molecule has 0 spiro atoms. The van der Waals surface area contributed by atoms with E-state index in [9.17, 15) is 0 Å². The Morgan fingerprint density at radius 1 is 1.29 bits per heavy atom. The molecule has 2 rings (SSSR count). The molecule has 2 unspecified atom stereocenters. The third-order valence-corrected chi connectivity index (χ3v) is 4.60. The highest BCUT2D eigenvalue weighted by Gasteiger charge is 2.23. The summed E-state index contributed by atoms with van der Waals surface area (Å²) in [4.78, 5) is 2.38. The number of likely N-dealkylation sites (N-methyl/N-ethyl adjacent to an activating group) is 1. The molecule has 1 aliphatic heterocycles. The predicted molar refractivity (Wildman–Crippen MR) is 85.6 cm³/mol. The SMILES string of the molecule is COc1ccc(C(N)C(C)N(C)CC2CCOCC2)cc1. The fraction of sp³-hybridized carbons (Fsp3) is 0.647. The molecular weight excluding hydrogens is 264 g/mol. The van der Waals surface area contributed by atoms with E-state index in [0.29, 0.717) is 6.04 Å². The van der Waals surface area contributed by atoms with Crippen molar-refractivity contribution in [1.82, 2.24) is 4.90 Å². The Morgan fingerprint density at radius 2 is 1.90 bits per heavy atom. The minimum Gasteiger partial charge on any atom is -0.497 e. The molecule has 1 saturated heterocycles. The summed E-state index contributed by atoms with van der Waals surface area (Å²) >= 11 is 0. The molecule has 1 aromatic carbocycles. The number of ether oxygens (including phenoxy) is 2. The summed E-state index contributed by atoms with van der Waals surface area (Å²) in [7, 11) is 3.85. The Hall–Kier alpha value is -1.10. The van der Waals surface area contributed by atoms with Crippen LogP contribution in [0.5, 0.6) is 5.75 Å². The standard InChI is InChI=1S/C17H28N2O2/c1-13(19(2)12-14-8-10-21-11-9-14)17(18)15-4-6-16(20-3)7-5-15/h4-7,13-14,17H,8-12,18H2,1-3H3. The molecule has 4 heteroatoms. The third kappa shape index (κ3) is 4.43. The normalized spacial score (nSPS) is 19.5. The first kappa shape index (κ1) is 16.3. The van der Waals surface area contributed by atoms with Gasteiger partial charge in [0.05, 0.1) is 7.11 Å². The van der Waals surface area contributed by atoms with Gasteiger partial charge in [0, 0.05) is 31.8 Å². The zero-order valence-corrected chi connectivity index (χ0v) is 13.4. The van der Waals surface area contributed by atoms with E-state index < -0.39 is 0 Å². The maximum atomic E-state index is 6.43. The van der Waals surface area contributed by atoms with Crippen LogP contribution < -0.4 is 10.5 Å². The highest BCUT2D eigenvalue weighted by atomic mass is 16.5. The van der Waals surface area contributed by atoms with Crippen molar-refractivity contribution < 1.29 is 9.47 Å². The minimum atomic E-state index is 0.0146. The lowest BCUT2D eigenvalue weighted by Gasteiger charge is -2.34. The molecule has 0 radical (unpaired) electrons. The predicted octanol–water partition coefficient (Wildman–Crippen LogP) is 2.44. The summed E-state index contributed by atoms with van der Waals surface area (Å²) in [5, 5.41) is 0. The van der Waals surface area contributed by atoms with E-state index in [1.807, 2.05) is 12.1 Å². The van der Waals surface area contributed by atoms with Gasteiger partial charge < -0.3 is 20.1 Å². The molecule has 1 heterocycles. The lowest BCUT2D eigenvalue weighted by atomic mass is 9.96. The Bertz CT molecular complexity index is 415. The number of hydrogen-bond acceptors (Lipinski definition) is 4. The fourth-order valence-corrected chi connectivity index (χ4v) is 2.88. The van der Waals surface area contributed by atoms with E-state index in [4.69, 9.17) is 15.2 Å². The Labute approximate surface area is 128 Å². The first-order chi connectivity index (χ1) is 10.1. The number of methoxy groups -OCH3 is 1. The van der Waals surface area contributed by atoms with E-state index >= 15 is 0 Å². The number of nitrogens with zero attached hydrogens (tertiary/aromatic N) is 1.